The number of carbonyl (C=O) groups is 3. The van der Waals surface area contributed by atoms with Crippen molar-refractivity contribution in [2.24, 2.45) is 0 Å². The summed E-state index contributed by atoms with van der Waals surface area (Å²) in [6.45, 7) is 7.14. The summed E-state index contributed by atoms with van der Waals surface area (Å²) in [5, 5.41) is 8.79. The Morgan fingerprint density at radius 3 is 2.43 bits per heavy atom. The van der Waals surface area contributed by atoms with Crippen LogP contribution < -0.4 is 5.32 Å². The van der Waals surface area contributed by atoms with Crippen molar-refractivity contribution in [2.45, 2.75) is 32.7 Å². The first-order chi connectivity index (χ1) is 17.8. The highest BCUT2D eigenvalue weighted by Crippen LogP contribution is 2.35. The molecule has 0 saturated carbocycles. The molecule has 4 aromatic rings. The number of nitrogens with one attached hydrogen (secondary N) is 1. The molecule has 0 aliphatic heterocycles. The van der Waals surface area contributed by atoms with Crippen LogP contribution in [0.1, 0.15) is 45.3 Å². The molecule has 0 fully saturated rings. The van der Waals surface area contributed by atoms with E-state index in [2.05, 4.69) is 20.4 Å². The number of aryl methyl sites for hydroxylation is 1. The largest absolute Gasteiger partial charge is 0.462 e. The van der Waals surface area contributed by atoms with Crippen LogP contribution >= 0.6 is 23.1 Å². The summed E-state index contributed by atoms with van der Waals surface area (Å²) in [5.74, 6) is -0.982. The molecular weight excluding hydrogens is 514 g/mol. The zero-order valence-electron chi connectivity index (χ0n) is 20.7. The van der Waals surface area contributed by atoms with Gasteiger partial charge in [0.2, 0.25) is 5.91 Å². The first kappa shape index (κ1) is 26.3. The van der Waals surface area contributed by atoms with Crippen molar-refractivity contribution in [3.63, 3.8) is 0 Å². The number of esters is 2. The Bertz CT molecular complexity index is 1470. The number of nitrogens with zero attached hydrogens (tertiary/aromatic N) is 4. The number of aromatic nitrogens is 4. The van der Waals surface area contributed by atoms with Gasteiger partial charge in [0.05, 0.1) is 41.8 Å². The Hall–Kier alpha value is -3.77. The summed E-state index contributed by atoms with van der Waals surface area (Å²) in [7, 11) is 0. The van der Waals surface area contributed by atoms with Gasteiger partial charge in [-0.3, -0.25) is 4.79 Å². The van der Waals surface area contributed by atoms with Gasteiger partial charge in [-0.15, -0.1) is 11.3 Å². The van der Waals surface area contributed by atoms with Crippen LogP contribution in [0.4, 0.5) is 5.00 Å². The monoisotopic (exact) mass is 539 g/mol. The third-order valence-electron chi connectivity index (χ3n) is 5.19. The fourth-order valence-corrected chi connectivity index (χ4v) is 5.53. The molecule has 0 bridgehead atoms. The Labute approximate surface area is 221 Å². The Morgan fingerprint density at radius 2 is 1.73 bits per heavy atom. The van der Waals surface area contributed by atoms with Gasteiger partial charge in [-0.2, -0.15) is 5.10 Å². The van der Waals surface area contributed by atoms with Crippen LogP contribution in [0.25, 0.3) is 16.7 Å². The number of thiophene rings is 1. The summed E-state index contributed by atoms with van der Waals surface area (Å²) < 4.78 is 12.0. The molecule has 10 nitrogen and oxygen atoms in total. The molecule has 0 aliphatic carbocycles. The molecule has 192 valence electrons. The van der Waals surface area contributed by atoms with E-state index in [1.807, 2.05) is 30.3 Å². The minimum Gasteiger partial charge on any atom is -0.462 e. The lowest BCUT2D eigenvalue weighted by Gasteiger charge is -2.08. The molecule has 37 heavy (non-hydrogen) atoms. The molecule has 1 amide bonds. The predicted molar refractivity (Wildman–Crippen MR) is 142 cm³/mol. The van der Waals surface area contributed by atoms with Crippen molar-refractivity contribution in [1.82, 2.24) is 19.7 Å². The van der Waals surface area contributed by atoms with Crippen LogP contribution in [-0.4, -0.2) is 56.6 Å². The number of carbonyl (C=O) groups excluding carboxylic acids is 3. The maximum atomic E-state index is 12.9. The Kier molecular flexibility index (Phi) is 8.19. The maximum Gasteiger partial charge on any atom is 0.348 e. The molecule has 12 heteroatoms. The standard InChI is InChI=1S/C25H25N5O5S2/c1-5-34-24(32)19-14(3)20(25(33)35-6-2)37-23(19)29-18(31)13-36-22-17-12-26-30(16-10-8-7-9-11-16)21(17)27-15(4)28-22/h7-12H,5-6,13H2,1-4H3,(H,29,31). The van der Waals surface area contributed by atoms with Crippen LogP contribution in [0.2, 0.25) is 0 Å². The number of amides is 1. The van der Waals surface area contributed by atoms with E-state index < -0.39 is 11.9 Å². The fourth-order valence-electron chi connectivity index (χ4n) is 3.59. The Balaban J connectivity index is 1.56. The van der Waals surface area contributed by atoms with Gasteiger partial charge in [-0.25, -0.2) is 24.2 Å². The second-order valence-corrected chi connectivity index (χ2v) is 9.73. The van der Waals surface area contributed by atoms with Crippen molar-refractivity contribution in [3.05, 3.63) is 58.4 Å². The smallest absolute Gasteiger partial charge is 0.348 e. The van der Waals surface area contributed by atoms with Crippen LogP contribution in [0.3, 0.4) is 0 Å². The molecule has 1 aromatic carbocycles. The lowest BCUT2D eigenvalue weighted by atomic mass is 10.1. The number of para-hydroxylation sites is 1. The van der Waals surface area contributed by atoms with Gasteiger partial charge in [-0.1, -0.05) is 30.0 Å². The average Bonchev–Trinajstić information content (AvgIpc) is 3.44. The molecule has 0 saturated heterocycles. The first-order valence-corrected chi connectivity index (χ1v) is 13.3. The summed E-state index contributed by atoms with van der Waals surface area (Å²) in [6, 6.07) is 9.62. The molecule has 3 heterocycles. The van der Waals surface area contributed by atoms with Crippen LogP contribution in [-0.2, 0) is 14.3 Å². The van der Waals surface area contributed by atoms with Gasteiger partial charge >= 0.3 is 11.9 Å². The molecule has 0 radical (unpaired) electrons. The zero-order valence-corrected chi connectivity index (χ0v) is 22.4. The normalized spacial score (nSPS) is 10.9. The lowest BCUT2D eigenvalue weighted by molar-refractivity contribution is -0.113. The number of fused-ring (bicyclic) bond motifs is 1. The van der Waals surface area contributed by atoms with Crippen LogP contribution in [0.5, 0.6) is 0 Å². The van der Waals surface area contributed by atoms with E-state index in [1.54, 1.807) is 38.6 Å². The number of anilines is 1. The van der Waals surface area contributed by atoms with Crippen molar-refractivity contribution in [1.29, 1.82) is 0 Å². The van der Waals surface area contributed by atoms with Gasteiger partial charge in [-0.05, 0) is 45.4 Å². The maximum absolute atomic E-state index is 12.9. The van der Waals surface area contributed by atoms with Crippen molar-refractivity contribution in [3.8, 4) is 5.69 Å². The second-order valence-electron chi connectivity index (χ2n) is 7.74. The van der Waals surface area contributed by atoms with Crippen molar-refractivity contribution in [2.75, 3.05) is 24.3 Å². The van der Waals surface area contributed by atoms with Gasteiger partial charge in [0, 0.05) is 0 Å². The highest BCUT2D eigenvalue weighted by Gasteiger charge is 2.27. The van der Waals surface area contributed by atoms with Gasteiger partial charge < -0.3 is 14.8 Å². The molecule has 0 aliphatic rings. The Morgan fingerprint density at radius 1 is 1.03 bits per heavy atom. The third kappa shape index (κ3) is 5.65. The van der Waals surface area contributed by atoms with Crippen LogP contribution in [0, 0.1) is 13.8 Å². The number of benzene rings is 1. The van der Waals surface area contributed by atoms with E-state index in [-0.39, 0.29) is 40.3 Å². The molecule has 0 spiro atoms. The topological polar surface area (TPSA) is 125 Å². The molecule has 0 unspecified atom stereocenters. The van der Waals surface area contributed by atoms with E-state index in [0.29, 0.717) is 22.1 Å². The second kappa shape index (κ2) is 11.5. The van der Waals surface area contributed by atoms with Gasteiger partial charge in [0.15, 0.2) is 5.65 Å². The highest BCUT2D eigenvalue weighted by molar-refractivity contribution is 8.00. The van der Waals surface area contributed by atoms with E-state index in [9.17, 15) is 14.4 Å². The minimum atomic E-state index is -0.615. The summed E-state index contributed by atoms with van der Waals surface area (Å²) >= 11 is 2.22. The van der Waals surface area contributed by atoms with E-state index in [1.165, 1.54) is 11.8 Å². The van der Waals surface area contributed by atoms with Crippen molar-refractivity contribution >= 4 is 57.0 Å². The molecule has 1 N–H and O–H groups in total. The average molecular weight is 540 g/mol. The van der Waals surface area contributed by atoms with Gasteiger partial charge in [0.1, 0.15) is 20.7 Å². The lowest BCUT2D eigenvalue weighted by Crippen LogP contribution is -2.16. The fraction of sp³-hybridized carbons (Fsp3) is 0.280. The highest BCUT2D eigenvalue weighted by atomic mass is 32.2. The zero-order chi connectivity index (χ0) is 26.5. The number of thioether (sulfide) groups is 1. The van der Waals surface area contributed by atoms with E-state index in [4.69, 9.17) is 9.47 Å². The summed E-state index contributed by atoms with van der Waals surface area (Å²) in [6.07, 6.45) is 1.68. The number of hydrogen-bond donors (Lipinski definition) is 1. The van der Waals surface area contributed by atoms with E-state index in [0.717, 1.165) is 22.4 Å². The third-order valence-corrected chi connectivity index (χ3v) is 7.36. The number of rotatable bonds is 9. The minimum absolute atomic E-state index is 0.00994. The van der Waals surface area contributed by atoms with Gasteiger partial charge in [0.25, 0.3) is 0 Å². The first-order valence-electron chi connectivity index (χ1n) is 11.5. The molecular formula is C25H25N5O5S2. The quantitative estimate of drug-likeness (QED) is 0.185. The summed E-state index contributed by atoms with van der Waals surface area (Å²) in [4.78, 5) is 47.2. The van der Waals surface area contributed by atoms with Crippen LogP contribution in [0.15, 0.2) is 41.6 Å². The number of hydrogen-bond acceptors (Lipinski definition) is 10. The van der Waals surface area contributed by atoms with Crippen molar-refractivity contribution < 1.29 is 23.9 Å². The summed E-state index contributed by atoms with van der Waals surface area (Å²) in [5.41, 5.74) is 2.06. The molecule has 4 rings (SSSR count). The SMILES string of the molecule is CCOC(=O)c1sc(NC(=O)CSc2nc(C)nc3c2cnn3-c2ccccc2)c(C(=O)OCC)c1C. The molecule has 3 aromatic heterocycles. The predicted octanol–water partition coefficient (Wildman–Crippen LogP) is 4.58. The number of ether oxygens (including phenoxy) is 2. The molecule has 0 atom stereocenters. The van der Waals surface area contributed by atoms with E-state index >= 15 is 0 Å².